The minimum absolute atomic E-state index is 0.347. The molecule has 0 bridgehead atoms. The molecule has 0 aromatic heterocycles. The zero-order valence-corrected chi connectivity index (χ0v) is 4.79. The number of ether oxygens (including phenoxy) is 2. The van der Waals surface area contributed by atoms with Gasteiger partial charge in [-0.15, -0.1) is 0 Å². The average Bonchev–Trinajstić information content (AvgIpc) is 1.66. The van der Waals surface area contributed by atoms with Crippen LogP contribution in [0.4, 0.5) is 0 Å². The first kappa shape index (κ1) is 5.97. The average molecular weight is 120 g/mol. The maximum Gasteiger partial charge on any atom is 0.245 e. The first-order valence-electron chi connectivity index (χ1n) is 2.26. The Hall–Kier alpha value is -0.160. The summed E-state index contributed by atoms with van der Waals surface area (Å²) in [4.78, 5) is 8.87. The molecule has 8 heavy (non-hydrogen) atoms. The van der Waals surface area contributed by atoms with Crippen LogP contribution >= 0.6 is 0 Å². The molecule has 0 N–H and O–H groups in total. The summed E-state index contributed by atoms with van der Waals surface area (Å²) in [6.07, 6.45) is -0.694. The van der Waals surface area contributed by atoms with Crippen LogP contribution in [-0.4, -0.2) is 26.8 Å². The van der Waals surface area contributed by atoms with E-state index in [1.54, 1.807) is 0 Å². The van der Waals surface area contributed by atoms with Crippen LogP contribution in [0.1, 0.15) is 0 Å². The second-order valence-corrected chi connectivity index (χ2v) is 1.40. The minimum Gasteiger partial charge on any atom is -0.349 e. The van der Waals surface area contributed by atoms with Crippen molar-refractivity contribution in [3.63, 3.8) is 0 Å². The molecule has 0 saturated carbocycles. The lowest BCUT2D eigenvalue weighted by Gasteiger charge is -2.31. The lowest BCUT2D eigenvalue weighted by Crippen LogP contribution is -2.45. The third kappa shape index (κ3) is 0.830. The summed E-state index contributed by atoms with van der Waals surface area (Å²) in [7, 11) is 3.05. The molecule has 0 unspecified atom stereocenters. The van der Waals surface area contributed by atoms with E-state index >= 15 is 0 Å². The second-order valence-electron chi connectivity index (χ2n) is 1.40. The minimum atomic E-state index is -0.347. The molecular weight excluding hydrogens is 112 g/mol. The topological polar surface area (TPSA) is 36.9 Å². The molecule has 1 heterocycles. The van der Waals surface area contributed by atoms with Gasteiger partial charge in [0.2, 0.25) is 12.6 Å². The van der Waals surface area contributed by atoms with Gasteiger partial charge in [-0.3, -0.25) is 0 Å². The summed E-state index contributed by atoms with van der Waals surface area (Å²) >= 11 is 0. The first-order chi connectivity index (χ1) is 3.88. The zero-order chi connectivity index (χ0) is 5.98. The number of rotatable bonds is 2. The van der Waals surface area contributed by atoms with Crippen molar-refractivity contribution >= 4 is 0 Å². The molecule has 48 valence electrons. The molecule has 4 nitrogen and oxygen atoms in total. The SMILES string of the molecule is CO[C@@H]1OO[C@@H]1OC. The van der Waals surface area contributed by atoms with Crippen molar-refractivity contribution in [2.75, 3.05) is 14.2 Å². The number of hydrogen-bond acceptors (Lipinski definition) is 4. The van der Waals surface area contributed by atoms with Gasteiger partial charge in [0, 0.05) is 14.2 Å². The molecule has 0 aromatic carbocycles. The normalized spacial score (nSPS) is 36.8. The molecule has 0 radical (unpaired) electrons. The fraction of sp³-hybridized carbons (Fsp3) is 1.00. The van der Waals surface area contributed by atoms with Crippen molar-refractivity contribution in [2.45, 2.75) is 12.6 Å². The van der Waals surface area contributed by atoms with Gasteiger partial charge in [0.05, 0.1) is 0 Å². The van der Waals surface area contributed by atoms with E-state index in [4.69, 9.17) is 9.47 Å². The third-order valence-corrected chi connectivity index (χ3v) is 0.932. The molecule has 2 atom stereocenters. The van der Waals surface area contributed by atoms with Crippen LogP contribution in [0.3, 0.4) is 0 Å². The lowest BCUT2D eigenvalue weighted by atomic mass is 10.6. The Morgan fingerprint density at radius 1 is 1.00 bits per heavy atom. The summed E-state index contributed by atoms with van der Waals surface area (Å²) in [5, 5.41) is 0. The standard InChI is InChI=1S/C4H8O4/c1-5-3-4(6-2)8-7-3/h3-4H,1-2H3/t3-,4+. The van der Waals surface area contributed by atoms with Crippen molar-refractivity contribution in [3.05, 3.63) is 0 Å². The van der Waals surface area contributed by atoms with Crippen LogP contribution in [0, 0.1) is 0 Å². The van der Waals surface area contributed by atoms with E-state index in [2.05, 4.69) is 9.78 Å². The van der Waals surface area contributed by atoms with Gasteiger partial charge in [0.1, 0.15) is 0 Å². The highest BCUT2D eigenvalue weighted by Crippen LogP contribution is 2.16. The summed E-state index contributed by atoms with van der Waals surface area (Å²) < 4.78 is 9.43. The van der Waals surface area contributed by atoms with Crippen LogP contribution in [0.2, 0.25) is 0 Å². The van der Waals surface area contributed by atoms with Crippen molar-refractivity contribution in [1.82, 2.24) is 0 Å². The summed E-state index contributed by atoms with van der Waals surface area (Å²) in [6.45, 7) is 0. The largest absolute Gasteiger partial charge is 0.349 e. The smallest absolute Gasteiger partial charge is 0.245 e. The quantitative estimate of drug-likeness (QED) is 0.476. The molecule has 0 aliphatic carbocycles. The highest BCUT2D eigenvalue weighted by atomic mass is 17.3. The van der Waals surface area contributed by atoms with Gasteiger partial charge in [-0.2, -0.15) is 9.78 Å². The second kappa shape index (κ2) is 2.41. The highest BCUT2D eigenvalue weighted by Gasteiger charge is 2.34. The van der Waals surface area contributed by atoms with Crippen LogP contribution in [0.5, 0.6) is 0 Å². The summed E-state index contributed by atoms with van der Waals surface area (Å²) in [5.41, 5.74) is 0. The Morgan fingerprint density at radius 3 is 1.50 bits per heavy atom. The van der Waals surface area contributed by atoms with Crippen molar-refractivity contribution < 1.29 is 19.2 Å². The van der Waals surface area contributed by atoms with E-state index in [9.17, 15) is 0 Å². The number of hydrogen-bond donors (Lipinski definition) is 0. The Balaban J connectivity index is 2.16. The predicted molar refractivity (Wildman–Crippen MR) is 23.8 cm³/mol. The molecule has 0 aromatic rings. The van der Waals surface area contributed by atoms with Crippen molar-refractivity contribution in [2.24, 2.45) is 0 Å². The lowest BCUT2D eigenvalue weighted by molar-refractivity contribution is -0.560. The Bertz CT molecular complexity index is 60.4. The van der Waals surface area contributed by atoms with Gasteiger partial charge in [0.25, 0.3) is 0 Å². The Morgan fingerprint density at radius 2 is 1.38 bits per heavy atom. The van der Waals surface area contributed by atoms with E-state index in [0.717, 1.165) is 0 Å². The van der Waals surface area contributed by atoms with Crippen molar-refractivity contribution in [3.8, 4) is 0 Å². The van der Waals surface area contributed by atoms with Gasteiger partial charge < -0.3 is 9.47 Å². The molecule has 1 saturated heterocycles. The van der Waals surface area contributed by atoms with E-state index < -0.39 is 0 Å². The van der Waals surface area contributed by atoms with E-state index in [1.165, 1.54) is 14.2 Å². The Labute approximate surface area is 47.2 Å². The molecule has 0 spiro atoms. The molecule has 4 heteroatoms. The molecule has 1 rings (SSSR count). The van der Waals surface area contributed by atoms with Crippen LogP contribution in [0.25, 0.3) is 0 Å². The summed E-state index contributed by atoms with van der Waals surface area (Å²) in [5.74, 6) is 0. The zero-order valence-electron chi connectivity index (χ0n) is 4.79. The Kier molecular flexibility index (Phi) is 1.80. The monoisotopic (exact) mass is 120 g/mol. The highest BCUT2D eigenvalue weighted by molar-refractivity contribution is 4.50. The van der Waals surface area contributed by atoms with Crippen LogP contribution < -0.4 is 0 Å². The maximum absolute atomic E-state index is 4.72. The van der Waals surface area contributed by atoms with E-state index in [0.29, 0.717) is 0 Å². The number of methoxy groups -OCH3 is 2. The fourth-order valence-corrected chi connectivity index (χ4v) is 0.447. The van der Waals surface area contributed by atoms with Crippen LogP contribution in [-0.2, 0) is 19.2 Å². The van der Waals surface area contributed by atoms with E-state index in [-0.39, 0.29) is 12.6 Å². The van der Waals surface area contributed by atoms with Gasteiger partial charge in [-0.1, -0.05) is 0 Å². The molecule has 1 aliphatic heterocycles. The van der Waals surface area contributed by atoms with E-state index in [1.807, 2.05) is 0 Å². The van der Waals surface area contributed by atoms with Gasteiger partial charge >= 0.3 is 0 Å². The van der Waals surface area contributed by atoms with Gasteiger partial charge in [-0.05, 0) is 0 Å². The van der Waals surface area contributed by atoms with Crippen molar-refractivity contribution in [1.29, 1.82) is 0 Å². The fourth-order valence-electron chi connectivity index (χ4n) is 0.447. The van der Waals surface area contributed by atoms with Crippen LogP contribution in [0.15, 0.2) is 0 Å². The molecular formula is C4H8O4. The maximum atomic E-state index is 4.72. The molecule has 0 amide bonds. The predicted octanol–water partition coefficient (Wildman–Crippen LogP) is -0.107. The third-order valence-electron chi connectivity index (χ3n) is 0.932. The van der Waals surface area contributed by atoms with Gasteiger partial charge in [0.15, 0.2) is 0 Å². The first-order valence-corrected chi connectivity index (χ1v) is 2.26. The molecule has 1 aliphatic rings. The van der Waals surface area contributed by atoms with Gasteiger partial charge in [-0.25, -0.2) is 0 Å². The molecule has 1 fully saturated rings. The summed E-state index contributed by atoms with van der Waals surface area (Å²) in [6, 6.07) is 0.